The average Bonchev–Trinajstić information content (AvgIpc) is 3.58. The summed E-state index contributed by atoms with van der Waals surface area (Å²) in [5, 5.41) is 11.4. The smallest absolute Gasteiger partial charge is 0.243 e. The Morgan fingerprint density at radius 2 is 1.73 bits per heavy atom. The second kappa shape index (κ2) is 11.7. The van der Waals surface area contributed by atoms with Crippen molar-refractivity contribution in [2.75, 3.05) is 36.4 Å². The van der Waals surface area contributed by atoms with E-state index in [9.17, 15) is 26.4 Å². The lowest BCUT2D eigenvalue weighted by Gasteiger charge is -2.45. The summed E-state index contributed by atoms with van der Waals surface area (Å²) in [6.07, 6.45) is 6.69. The van der Waals surface area contributed by atoms with Gasteiger partial charge in [0.25, 0.3) is 0 Å². The first kappa shape index (κ1) is 29.8. The number of piperidine rings is 1. The number of rotatable bonds is 8. The predicted molar refractivity (Wildman–Crippen MR) is 161 cm³/mol. The van der Waals surface area contributed by atoms with Gasteiger partial charge in [0.15, 0.2) is 17.4 Å². The van der Waals surface area contributed by atoms with E-state index in [-0.39, 0.29) is 31.7 Å². The van der Waals surface area contributed by atoms with Gasteiger partial charge in [-0.15, -0.1) is 0 Å². The Labute approximate surface area is 253 Å². The van der Waals surface area contributed by atoms with Crippen molar-refractivity contribution in [2.45, 2.75) is 30.6 Å². The minimum atomic E-state index is -4.31. The number of pyridine rings is 1. The molecule has 0 radical (unpaired) electrons. The molecule has 44 heavy (non-hydrogen) atoms. The van der Waals surface area contributed by atoms with Gasteiger partial charge in [-0.05, 0) is 91.9 Å². The van der Waals surface area contributed by atoms with Crippen LogP contribution in [-0.2, 0) is 10.0 Å². The first-order chi connectivity index (χ1) is 21.1. The largest absolute Gasteiger partial charge is 0.357 e. The lowest BCUT2D eigenvalue weighted by atomic mass is 9.64. The molecule has 8 nitrogen and oxygen atoms in total. The Bertz CT molecular complexity index is 1800. The maximum Gasteiger partial charge on any atom is 0.243 e. The van der Waals surface area contributed by atoms with Gasteiger partial charge >= 0.3 is 0 Å². The van der Waals surface area contributed by atoms with Gasteiger partial charge in [0.1, 0.15) is 11.6 Å². The number of nitrogens with one attached hydrogen (secondary N) is 2. The SMILES string of the molecule is N=CC1=C(Nc2ccc(F)cc2)C=C2CCN(S(=O)(=O)c3ccc(F)c(F)c3)C[C@@]2(C(=O)c2ccnc(N3CCCC3)c2)C1. The minimum Gasteiger partial charge on any atom is -0.357 e. The number of hydrogen-bond acceptors (Lipinski definition) is 7. The van der Waals surface area contributed by atoms with E-state index in [0.717, 1.165) is 48.6 Å². The van der Waals surface area contributed by atoms with Crippen molar-refractivity contribution in [3.8, 4) is 0 Å². The molecule has 3 heterocycles. The van der Waals surface area contributed by atoms with Crippen LogP contribution in [0.25, 0.3) is 0 Å². The van der Waals surface area contributed by atoms with Crippen molar-refractivity contribution in [3.05, 3.63) is 107 Å². The standard InChI is InChI=1S/C32H30F3N5O3S/c33-24-3-5-25(6-4-24)38-29-16-23-10-14-40(44(42,43)26-7-8-27(34)28(35)17-26)20-32(23,18-22(29)19-36)31(41)21-9-11-37-30(15-21)39-12-1-2-13-39/h3-9,11,15-17,19,36,38H,1-2,10,12-14,18,20H2/t32-/m0/s1. The van der Waals surface area contributed by atoms with E-state index in [2.05, 4.69) is 15.2 Å². The maximum absolute atomic E-state index is 14.6. The summed E-state index contributed by atoms with van der Waals surface area (Å²) in [7, 11) is -4.31. The molecule has 2 saturated heterocycles. The van der Waals surface area contributed by atoms with Crippen molar-refractivity contribution < 1.29 is 26.4 Å². The predicted octanol–water partition coefficient (Wildman–Crippen LogP) is 5.71. The number of sulfonamides is 1. The fourth-order valence-electron chi connectivity index (χ4n) is 6.21. The fraction of sp³-hybridized carbons (Fsp3) is 0.281. The molecule has 228 valence electrons. The molecule has 0 unspecified atom stereocenters. The van der Waals surface area contributed by atoms with E-state index in [1.54, 1.807) is 36.5 Å². The summed E-state index contributed by atoms with van der Waals surface area (Å²) in [5.74, 6) is -2.51. The minimum absolute atomic E-state index is 0.00131. The topological polar surface area (TPSA) is 106 Å². The van der Waals surface area contributed by atoms with Crippen molar-refractivity contribution in [2.24, 2.45) is 5.41 Å². The highest BCUT2D eigenvalue weighted by molar-refractivity contribution is 7.89. The molecule has 1 aliphatic carbocycles. The number of allylic oxidation sites excluding steroid dienone is 2. The van der Waals surface area contributed by atoms with E-state index >= 15 is 0 Å². The monoisotopic (exact) mass is 621 g/mol. The van der Waals surface area contributed by atoms with Gasteiger partial charge in [0, 0.05) is 55.5 Å². The molecule has 0 bridgehead atoms. The first-order valence-corrected chi connectivity index (χ1v) is 15.7. The van der Waals surface area contributed by atoms with Crippen LogP contribution in [0.1, 0.15) is 36.0 Å². The zero-order valence-electron chi connectivity index (χ0n) is 23.7. The van der Waals surface area contributed by atoms with Gasteiger partial charge in [-0.25, -0.2) is 26.6 Å². The van der Waals surface area contributed by atoms with Crippen LogP contribution in [-0.4, -0.2) is 55.9 Å². The van der Waals surface area contributed by atoms with Gasteiger partial charge in [-0.3, -0.25) is 4.79 Å². The fourth-order valence-corrected chi connectivity index (χ4v) is 7.72. The van der Waals surface area contributed by atoms with E-state index in [4.69, 9.17) is 5.41 Å². The van der Waals surface area contributed by atoms with E-state index in [1.807, 2.05) is 0 Å². The third-order valence-electron chi connectivity index (χ3n) is 8.55. The van der Waals surface area contributed by atoms with Crippen LogP contribution in [0, 0.1) is 28.3 Å². The number of Topliss-reactive ketones (excluding diaryl/α,β-unsaturated/α-hetero) is 1. The average molecular weight is 622 g/mol. The molecule has 1 atom stereocenters. The van der Waals surface area contributed by atoms with E-state index < -0.39 is 37.8 Å². The van der Waals surface area contributed by atoms with Crippen molar-refractivity contribution in [3.63, 3.8) is 0 Å². The number of nitrogens with zero attached hydrogens (tertiary/aromatic N) is 3. The van der Waals surface area contributed by atoms with Gasteiger partial charge in [0.2, 0.25) is 10.0 Å². The summed E-state index contributed by atoms with van der Waals surface area (Å²) >= 11 is 0. The van der Waals surface area contributed by atoms with Crippen LogP contribution >= 0.6 is 0 Å². The number of hydrogen-bond donors (Lipinski definition) is 2. The molecule has 2 fully saturated rings. The highest BCUT2D eigenvalue weighted by Crippen LogP contribution is 2.48. The Hall–Kier alpha value is -4.29. The van der Waals surface area contributed by atoms with Crippen molar-refractivity contribution >= 4 is 33.5 Å². The Balaban J connectivity index is 1.42. The number of benzene rings is 2. The van der Waals surface area contributed by atoms with Crippen molar-refractivity contribution in [1.82, 2.24) is 9.29 Å². The van der Waals surface area contributed by atoms with Gasteiger partial charge in [-0.1, -0.05) is 5.57 Å². The molecule has 2 aromatic carbocycles. The maximum atomic E-state index is 14.6. The van der Waals surface area contributed by atoms with E-state index in [1.165, 1.54) is 12.1 Å². The molecule has 2 aliphatic heterocycles. The molecule has 2 N–H and O–H groups in total. The number of carbonyl (C=O) groups is 1. The molecular formula is C32H30F3N5O3S. The Kier molecular flexibility index (Phi) is 7.89. The molecule has 12 heteroatoms. The highest BCUT2D eigenvalue weighted by atomic mass is 32.2. The second-order valence-electron chi connectivity index (χ2n) is 11.2. The van der Waals surface area contributed by atoms with Crippen LogP contribution in [0.4, 0.5) is 24.7 Å². The number of halogens is 3. The number of aromatic nitrogens is 1. The van der Waals surface area contributed by atoms with Crippen LogP contribution in [0.5, 0.6) is 0 Å². The molecule has 0 amide bonds. The second-order valence-corrected chi connectivity index (χ2v) is 13.2. The summed E-state index contributed by atoms with van der Waals surface area (Å²) in [6.45, 7) is 1.38. The lowest BCUT2D eigenvalue weighted by molar-refractivity contribution is 0.0775. The summed E-state index contributed by atoms with van der Waals surface area (Å²) in [6, 6.07) is 11.5. The molecule has 3 aromatic rings. The molecule has 3 aliphatic rings. The van der Waals surface area contributed by atoms with Gasteiger partial charge in [-0.2, -0.15) is 4.31 Å². The Morgan fingerprint density at radius 1 is 0.977 bits per heavy atom. The van der Waals surface area contributed by atoms with Gasteiger partial charge < -0.3 is 15.6 Å². The van der Waals surface area contributed by atoms with Crippen LogP contribution < -0.4 is 10.2 Å². The quantitative estimate of drug-likeness (QED) is 0.247. The van der Waals surface area contributed by atoms with Gasteiger partial charge in [0.05, 0.1) is 10.3 Å². The molecule has 0 spiro atoms. The molecular weight excluding hydrogens is 591 g/mol. The number of ketones is 1. The number of carbonyl (C=O) groups excluding carboxylic acids is 1. The van der Waals surface area contributed by atoms with Crippen LogP contribution in [0.3, 0.4) is 0 Å². The molecule has 0 saturated carbocycles. The summed E-state index contributed by atoms with van der Waals surface area (Å²) in [4.78, 5) is 20.8. The summed E-state index contributed by atoms with van der Waals surface area (Å²) < 4.78 is 69.9. The molecule has 6 rings (SSSR count). The molecule has 1 aromatic heterocycles. The number of fused-ring (bicyclic) bond motifs is 1. The van der Waals surface area contributed by atoms with Crippen molar-refractivity contribution in [1.29, 1.82) is 5.41 Å². The Morgan fingerprint density at radius 3 is 2.43 bits per heavy atom. The zero-order valence-corrected chi connectivity index (χ0v) is 24.5. The highest BCUT2D eigenvalue weighted by Gasteiger charge is 2.50. The number of anilines is 2. The van der Waals surface area contributed by atoms with Crippen LogP contribution in [0.2, 0.25) is 0 Å². The normalized spacial score (nSPS) is 20.7. The zero-order chi connectivity index (χ0) is 31.1. The van der Waals surface area contributed by atoms with E-state index in [0.29, 0.717) is 40.0 Å². The first-order valence-electron chi connectivity index (χ1n) is 14.3. The third kappa shape index (κ3) is 5.43. The summed E-state index contributed by atoms with van der Waals surface area (Å²) in [5.41, 5.74) is 1.24. The lowest BCUT2D eigenvalue weighted by Crippen LogP contribution is -2.52. The third-order valence-corrected chi connectivity index (χ3v) is 10.4. The van der Waals surface area contributed by atoms with Crippen LogP contribution in [0.15, 0.2) is 88.6 Å².